The number of hydrogen-bond donors (Lipinski definition) is 1. The molecule has 0 aliphatic rings. The molecule has 0 aliphatic carbocycles. The largest absolute Gasteiger partial charge is 0.350 e. The summed E-state index contributed by atoms with van der Waals surface area (Å²) in [6.07, 6.45) is 1.23. The maximum Gasteiger partial charge on any atom is 0.251 e. The van der Waals surface area contributed by atoms with Crippen LogP contribution in [-0.4, -0.2) is 54.3 Å². The van der Waals surface area contributed by atoms with Gasteiger partial charge in [-0.15, -0.1) is 0 Å². The van der Waals surface area contributed by atoms with Crippen molar-refractivity contribution >= 4 is 15.9 Å². The third-order valence-corrected chi connectivity index (χ3v) is 7.46. The highest BCUT2D eigenvalue weighted by molar-refractivity contribution is 7.89. The zero-order valence-corrected chi connectivity index (χ0v) is 20.2. The van der Waals surface area contributed by atoms with Crippen LogP contribution in [-0.2, 0) is 34.5 Å². The molecule has 32 heavy (non-hydrogen) atoms. The van der Waals surface area contributed by atoms with Gasteiger partial charge in [0.1, 0.15) is 6.54 Å². The van der Waals surface area contributed by atoms with Gasteiger partial charge in [-0.05, 0) is 30.3 Å². The van der Waals surface area contributed by atoms with Crippen molar-refractivity contribution in [3.63, 3.8) is 0 Å². The first-order valence-electron chi connectivity index (χ1n) is 11.0. The van der Waals surface area contributed by atoms with Crippen molar-refractivity contribution in [2.24, 2.45) is 0 Å². The molecule has 0 aliphatic heterocycles. The zero-order valence-electron chi connectivity index (χ0n) is 19.4. The lowest BCUT2D eigenvalue weighted by Crippen LogP contribution is -2.34. The van der Waals surface area contributed by atoms with Gasteiger partial charge in [0.05, 0.1) is 4.90 Å². The summed E-state index contributed by atoms with van der Waals surface area (Å²) in [5.74, 6) is -0.364. The van der Waals surface area contributed by atoms with E-state index in [2.05, 4.69) is 24.1 Å². The number of sulfonamides is 1. The molecule has 0 saturated heterocycles. The number of hydrogen-bond acceptors (Lipinski definition) is 5. The minimum absolute atomic E-state index is 0.00242. The average Bonchev–Trinajstić information content (AvgIpc) is 2.78. The van der Waals surface area contributed by atoms with E-state index in [1.54, 1.807) is 13.8 Å². The Kier molecular flexibility index (Phi) is 9.61. The quantitative estimate of drug-likeness (QED) is 0.521. The van der Waals surface area contributed by atoms with Crippen LogP contribution in [0.1, 0.15) is 38.8 Å². The van der Waals surface area contributed by atoms with Crippen molar-refractivity contribution in [3.05, 3.63) is 64.1 Å². The van der Waals surface area contributed by atoms with E-state index in [0.717, 1.165) is 29.8 Å². The Hall–Kier alpha value is -2.49. The van der Waals surface area contributed by atoms with Gasteiger partial charge >= 0.3 is 0 Å². The van der Waals surface area contributed by atoms with Crippen molar-refractivity contribution in [3.8, 4) is 0 Å². The summed E-state index contributed by atoms with van der Waals surface area (Å²) < 4.78 is 27.8. The fourth-order valence-corrected chi connectivity index (χ4v) is 4.86. The molecule has 1 amide bonds. The van der Waals surface area contributed by atoms with Crippen LogP contribution >= 0.6 is 0 Å². The van der Waals surface area contributed by atoms with Crippen molar-refractivity contribution in [1.82, 2.24) is 19.1 Å². The average molecular weight is 463 g/mol. The molecule has 0 unspecified atom stereocenters. The molecule has 176 valence electrons. The topological polar surface area (TPSA) is 91.7 Å². The third kappa shape index (κ3) is 6.75. The molecule has 1 N–H and O–H groups in total. The van der Waals surface area contributed by atoms with Gasteiger partial charge in [0.2, 0.25) is 15.9 Å². The predicted molar refractivity (Wildman–Crippen MR) is 126 cm³/mol. The third-order valence-electron chi connectivity index (χ3n) is 5.43. The summed E-state index contributed by atoms with van der Waals surface area (Å²) in [6.45, 7) is 11.4. The van der Waals surface area contributed by atoms with E-state index in [4.69, 9.17) is 0 Å². The summed E-state index contributed by atoms with van der Waals surface area (Å²) in [4.78, 5) is 26.9. The number of carbonyl (C=O) groups is 1. The number of rotatable bonds is 12. The second kappa shape index (κ2) is 11.9. The maximum atomic E-state index is 12.7. The van der Waals surface area contributed by atoms with E-state index in [9.17, 15) is 18.0 Å². The fraction of sp³-hybridized carbons (Fsp3) is 0.478. The van der Waals surface area contributed by atoms with Gasteiger partial charge < -0.3 is 9.88 Å². The molecule has 8 nitrogen and oxygen atoms in total. The monoisotopic (exact) mass is 462 g/mol. The van der Waals surface area contributed by atoms with Crippen molar-refractivity contribution < 1.29 is 13.2 Å². The summed E-state index contributed by atoms with van der Waals surface area (Å²) in [5, 5.41) is 2.79. The van der Waals surface area contributed by atoms with E-state index in [1.807, 2.05) is 24.3 Å². The molecule has 0 saturated carbocycles. The fourth-order valence-electron chi connectivity index (χ4n) is 3.38. The molecule has 0 atom stereocenters. The van der Waals surface area contributed by atoms with Gasteiger partial charge in [0.15, 0.2) is 0 Å². The molecular weight excluding hydrogens is 428 g/mol. The molecule has 2 rings (SSSR count). The second-order valence-electron chi connectivity index (χ2n) is 7.47. The van der Waals surface area contributed by atoms with Crippen LogP contribution in [0, 0.1) is 0 Å². The minimum atomic E-state index is -3.71. The SMILES string of the molecule is CCN(CC)Cc1ccc(CNC(=O)Cn2cc(S(=O)(=O)N(CC)CC)ccc2=O)cc1. The Morgan fingerprint density at radius 1 is 0.906 bits per heavy atom. The van der Waals surface area contributed by atoms with Crippen LogP contribution in [0.5, 0.6) is 0 Å². The molecule has 1 heterocycles. The Morgan fingerprint density at radius 2 is 1.50 bits per heavy atom. The summed E-state index contributed by atoms with van der Waals surface area (Å²) in [7, 11) is -3.71. The first-order valence-corrected chi connectivity index (χ1v) is 12.5. The van der Waals surface area contributed by atoms with E-state index >= 15 is 0 Å². The Balaban J connectivity index is 2.02. The molecule has 0 spiro atoms. The molecule has 0 radical (unpaired) electrons. The zero-order chi connectivity index (χ0) is 23.7. The van der Waals surface area contributed by atoms with Crippen LogP contribution in [0.4, 0.5) is 0 Å². The van der Waals surface area contributed by atoms with Gasteiger partial charge in [-0.1, -0.05) is 52.0 Å². The Morgan fingerprint density at radius 3 is 2.06 bits per heavy atom. The lowest BCUT2D eigenvalue weighted by Gasteiger charge is -2.19. The number of nitrogens with one attached hydrogen (secondary N) is 1. The Bertz CT molecular complexity index is 1040. The van der Waals surface area contributed by atoms with E-state index in [0.29, 0.717) is 19.6 Å². The van der Waals surface area contributed by atoms with Gasteiger partial charge in [0, 0.05) is 38.4 Å². The Labute approximate surface area is 190 Å². The van der Waals surface area contributed by atoms with Crippen molar-refractivity contribution in [2.45, 2.75) is 52.2 Å². The number of carbonyl (C=O) groups excluding carboxylic acids is 1. The predicted octanol–water partition coefficient (Wildman–Crippen LogP) is 2.04. The van der Waals surface area contributed by atoms with Crippen LogP contribution in [0.15, 0.2) is 52.3 Å². The van der Waals surface area contributed by atoms with Gasteiger partial charge in [-0.2, -0.15) is 4.31 Å². The number of benzene rings is 1. The molecule has 1 aromatic carbocycles. The number of amides is 1. The maximum absolute atomic E-state index is 12.7. The van der Waals surface area contributed by atoms with Gasteiger partial charge in [0.25, 0.3) is 5.56 Å². The summed E-state index contributed by atoms with van der Waals surface area (Å²) in [5.41, 5.74) is 1.73. The lowest BCUT2D eigenvalue weighted by atomic mass is 10.1. The second-order valence-corrected chi connectivity index (χ2v) is 9.41. The molecule has 2 aromatic rings. The van der Waals surface area contributed by atoms with Crippen LogP contribution < -0.4 is 10.9 Å². The molecule has 9 heteroatoms. The van der Waals surface area contributed by atoms with Crippen LogP contribution in [0.3, 0.4) is 0 Å². The number of nitrogens with zero attached hydrogens (tertiary/aromatic N) is 3. The van der Waals surface area contributed by atoms with Crippen molar-refractivity contribution in [1.29, 1.82) is 0 Å². The number of pyridine rings is 1. The number of aromatic nitrogens is 1. The normalized spacial score (nSPS) is 11.8. The summed E-state index contributed by atoms with van der Waals surface area (Å²) >= 11 is 0. The lowest BCUT2D eigenvalue weighted by molar-refractivity contribution is -0.121. The molecular formula is C23H34N4O4S. The van der Waals surface area contributed by atoms with Crippen LogP contribution in [0.25, 0.3) is 0 Å². The van der Waals surface area contributed by atoms with E-state index in [-0.39, 0.29) is 17.3 Å². The van der Waals surface area contributed by atoms with E-state index in [1.165, 1.54) is 28.2 Å². The standard InChI is InChI=1S/C23H34N4O4S/c1-5-25(6-2)16-20-11-9-19(10-12-20)15-24-22(28)18-26-17-21(13-14-23(26)29)32(30,31)27(7-3)8-4/h9-14,17H,5-8,15-16,18H2,1-4H3,(H,24,28). The summed E-state index contributed by atoms with van der Waals surface area (Å²) in [6, 6.07) is 10.5. The first kappa shape index (κ1) is 25.8. The van der Waals surface area contributed by atoms with Crippen molar-refractivity contribution in [2.75, 3.05) is 26.2 Å². The van der Waals surface area contributed by atoms with Gasteiger partial charge in [-0.25, -0.2) is 8.42 Å². The highest BCUT2D eigenvalue weighted by atomic mass is 32.2. The molecule has 0 bridgehead atoms. The van der Waals surface area contributed by atoms with Crippen LogP contribution in [0.2, 0.25) is 0 Å². The molecule has 0 fully saturated rings. The molecule has 1 aromatic heterocycles. The van der Waals surface area contributed by atoms with Gasteiger partial charge in [-0.3, -0.25) is 14.5 Å². The highest BCUT2D eigenvalue weighted by Crippen LogP contribution is 2.13. The van der Waals surface area contributed by atoms with E-state index < -0.39 is 15.6 Å². The first-order chi connectivity index (χ1) is 15.2. The highest BCUT2D eigenvalue weighted by Gasteiger charge is 2.22. The minimum Gasteiger partial charge on any atom is -0.350 e. The smallest absolute Gasteiger partial charge is 0.251 e.